The molecule has 0 aliphatic carbocycles. The summed E-state index contributed by atoms with van der Waals surface area (Å²) in [4.78, 5) is 19.3. The van der Waals surface area contributed by atoms with Crippen molar-refractivity contribution in [3.05, 3.63) is 63.0 Å². The Bertz CT molecular complexity index is 1280. The second kappa shape index (κ2) is 13.3. The lowest BCUT2D eigenvalue weighted by Crippen LogP contribution is -2.44. The molecule has 3 aromatic rings. The average Bonchev–Trinajstić information content (AvgIpc) is 3.34. The van der Waals surface area contributed by atoms with Gasteiger partial charge in [-0.1, -0.05) is 29.3 Å². The van der Waals surface area contributed by atoms with Crippen LogP contribution in [-0.4, -0.2) is 47.5 Å². The molecule has 1 aliphatic heterocycles. The molecule has 0 unspecified atom stereocenters. The minimum atomic E-state index is -0.138. The molecule has 0 saturated carbocycles. The molecule has 1 saturated heterocycles. The number of guanidine groups is 1. The number of halogens is 2. The van der Waals surface area contributed by atoms with Gasteiger partial charge >= 0.3 is 0 Å². The summed E-state index contributed by atoms with van der Waals surface area (Å²) < 4.78 is 5.93. The normalized spacial score (nSPS) is 14.3. The first-order valence-corrected chi connectivity index (χ1v) is 14.2. The monoisotopic (exact) mass is 574 g/mol. The molecular weight excluding hydrogens is 543 g/mol. The average molecular weight is 576 g/mol. The Morgan fingerprint density at radius 3 is 2.71 bits per heavy atom. The van der Waals surface area contributed by atoms with E-state index in [0.29, 0.717) is 34.6 Å². The topological polar surface area (TPSA) is 116 Å². The Hall–Kier alpha value is -2.85. The van der Waals surface area contributed by atoms with Crippen molar-refractivity contribution in [3.8, 4) is 17.0 Å². The van der Waals surface area contributed by atoms with Gasteiger partial charge in [0.15, 0.2) is 11.1 Å². The van der Waals surface area contributed by atoms with E-state index < -0.39 is 0 Å². The number of ether oxygens (including phenoxy) is 1. The first-order chi connectivity index (χ1) is 18.3. The number of carbonyl (C=O) groups is 1. The Labute approximate surface area is 237 Å². The Balaban J connectivity index is 1.14. The maximum Gasteiger partial charge on any atom is 0.220 e. The van der Waals surface area contributed by atoms with Crippen molar-refractivity contribution in [1.82, 2.24) is 15.2 Å². The van der Waals surface area contributed by atoms with Gasteiger partial charge in [-0.2, -0.15) is 0 Å². The Kier molecular flexibility index (Phi) is 9.85. The molecule has 4 rings (SSSR count). The van der Waals surface area contributed by atoms with E-state index >= 15 is 0 Å². The molecule has 5 N–H and O–H groups in total. The maximum absolute atomic E-state index is 12.5. The van der Waals surface area contributed by atoms with E-state index in [1.165, 1.54) is 11.3 Å². The highest BCUT2D eigenvalue weighted by Crippen LogP contribution is 2.29. The molecule has 2 aromatic carbocycles. The van der Waals surface area contributed by atoms with Crippen molar-refractivity contribution in [1.29, 1.82) is 5.41 Å². The van der Waals surface area contributed by atoms with Crippen LogP contribution in [0.1, 0.15) is 36.8 Å². The molecule has 1 amide bonds. The number of aromatic nitrogens is 1. The highest BCUT2D eigenvalue weighted by molar-refractivity contribution is 7.14. The number of nitrogens with zero attached hydrogens (tertiary/aromatic N) is 2. The van der Waals surface area contributed by atoms with E-state index in [2.05, 4.69) is 20.5 Å². The summed E-state index contributed by atoms with van der Waals surface area (Å²) in [6, 6.07) is 11.9. The van der Waals surface area contributed by atoms with Crippen LogP contribution >= 0.6 is 34.5 Å². The molecule has 0 bridgehead atoms. The SMILES string of the molecule is Cc1cc(-c2csc(NC(=N)N)n2)ccc1OCCCC(=O)NC1CCN(Cc2ccc(Cl)c(Cl)c2)CC1. The summed E-state index contributed by atoms with van der Waals surface area (Å²) in [6.45, 7) is 5.15. The molecule has 1 aliphatic rings. The van der Waals surface area contributed by atoms with E-state index in [1.807, 2.05) is 48.7 Å². The number of amides is 1. The molecule has 11 heteroatoms. The number of hydrogen-bond acceptors (Lipinski definition) is 6. The fourth-order valence-corrected chi connectivity index (χ4v) is 5.45. The predicted octanol–water partition coefficient (Wildman–Crippen LogP) is 5.67. The predicted molar refractivity (Wildman–Crippen MR) is 155 cm³/mol. The van der Waals surface area contributed by atoms with Crippen LogP contribution in [0, 0.1) is 12.3 Å². The molecule has 0 atom stereocenters. The molecular formula is C27H32Cl2N6O2S. The van der Waals surface area contributed by atoms with Crippen LogP contribution in [0.25, 0.3) is 11.3 Å². The van der Waals surface area contributed by atoms with Crippen LogP contribution in [0.2, 0.25) is 10.0 Å². The van der Waals surface area contributed by atoms with Gasteiger partial charge in [0, 0.05) is 43.0 Å². The number of thiazole rings is 1. The number of carbonyl (C=O) groups excluding carboxylic acids is 1. The number of nitrogens with one attached hydrogen (secondary N) is 3. The third-order valence-electron chi connectivity index (χ3n) is 6.37. The van der Waals surface area contributed by atoms with Crippen LogP contribution in [0.5, 0.6) is 5.75 Å². The summed E-state index contributed by atoms with van der Waals surface area (Å²) >= 11 is 13.5. The number of aryl methyl sites for hydroxylation is 1. The summed E-state index contributed by atoms with van der Waals surface area (Å²) in [6.07, 6.45) is 2.95. The maximum atomic E-state index is 12.5. The van der Waals surface area contributed by atoms with E-state index in [9.17, 15) is 4.79 Å². The number of benzene rings is 2. The number of hydrogen-bond donors (Lipinski definition) is 4. The third-order valence-corrected chi connectivity index (χ3v) is 7.86. The number of nitrogens with two attached hydrogens (primary N) is 1. The van der Waals surface area contributed by atoms with E-state index in [1.54, 1.807) is 0 Å². The van der Waals surface area contributed by atoms with E-state index in [4.69, 9.17) is 39.1 Å². The van der Waals surface area contributed by atoms with Crippen LogP contribution < -0.4 is 21.1 Å². The van der Waals surface area contributed by atoms with E-state index in [0.717, 1.165) is 60.6 Å². The molecule has 8 nitrogen and oxygen atoms in total. The molecule has 0 spiro atoms. The van der Waals surface area contributed by atoms with Crippen molar-refractivity contribution < 1.29 is 9.53 Å². The fourth-order valence-electron chi connectivity index (χ4n) is 4.40. The molecule has 1 fully saturated rings. The highest BCUT2D eigenvalue weighted by Gasteiger charge is 2.21. The van der Waals surface area contributed by atoms with Gasteiger partial charge in [-0.3, -0.25) is 15.1 Å². The minimum absolute atomic E-state index is 0.0714. The Morgan fingerprint density at radius 1 is 1.21 bits per heavy atom. The molecule has 38 heavy (non-hydrogen) atoms. The van der Waals surface area contributed by atoms with Crippen molar-refractivity contribution in [2.24, 2.45) is 5.73 Å². The standard InChI is InChI=1S/C27H32Cl2N6O2S/c1-17-13-19(23-16-38-27(33-23)34-26(30)31)5-7-24(17)37-12-2-3-25(36)32-20-8-10-35(11-9-20)15-18-4-6-21(28)22(29)14-18/h4-7,13-14,16,20H,2-3,8-12,15H2,1H3,(H,32,36)(H4,30,31,33,34). The van der Waals surface area contributed by atoms with Crippen LogP contribution in [0.3, 0.4) is 0 Å². The van der Waals surface area contributed by atoms with Gasteiger partial charge in [-0.05, 0) is 67.6 Å². The zero-order valence-electron chi connectivity index (χ0n) is 21.2. The Morgan fingerprint density at radius 2 is 2.00 bits per heavy atom. The molecule has 0 radical (unpaired) electrons. The number of likely N-dealkylation sites (tertiary alicyclic amines) is 1. The quantitative estimate of drug-likeness (QED) is 0.141. The van der Waals surface area contributed by atoms with Crippen molar-refractivity contribution >= 4 is 51.5 Å². The lowest BCUT2D eigenvalue weighted by molar-refractivity contribution is -0.122. The fraction of sp³-hybridized carbons (Fsp3) is 0.370. The van der Waals surface area contributed by atoms with Gasteiger partial charge < -0.3 is 21.1 Å². The summed E-state index contributed by atoms with van der Waals surface area (Å²) in [7, 11) is 0. The lowest BCUT2D eigenvalue weighted by Gasteiger charge is -2.32. The first kappa shape index (κ1) is 28.2. The summed E-state index contributed by atoms with van der Waals surface area (Å²) in [5, 5.41) is 16.8. The molecule has 2 heterocycles. The van der Waals surface area contributed by atoms with Crippen LogP contribution in [-0.2, 0) is 11.3 Å². The van der Waals surface area contributed by atoms with Crippen LogP contribution in [0.15, 0.2) is 41.8 Å². The van der Waals surface area contributed by atoms with Gasteiger partial charge in [-0.15, -0.1) is 11.3 Å². The van der Waals surface area contributed by atoms with Crippen molar-refractivity contribution in [2.75, 3.05) is 25.0 Å². The van der Waals surface area contributed by atoms with Gasteiger partial charge in [0.1, 0.15) is 5.75 Å². The second-order valence-electron chi connectivity index (χ2n) is 9.38. The van der Waals surface area contributed by atoms with Crippen molar-refractivity contribution in [2.45, 2.75) is 45.2 Å². The van der Waals surface area contributed by atoms with Gasteiger partial charge in [0.25, 0.3) is 0 Å². The largest absolute Gasteiger partial charge is 0.493 e. The lowest BCUT2D eigenvalue weighted by atomic mass is 10.0. The second-order valence-corrected chi connectivity index (χ2v) is 11.0. The van der Waals surface area contributed by atoms with E-state index in [-0.39, 0.29) is 17.9 Å². The number of piperidine rings is 1. The summed E-state index contributed by atoms with van der Waals surface area (Å²) in [5.41, 5.74) is 9.28. The van der Waals surface area contributed by atoms with Crippen LogP contribution in [0.4, 0.5) is 5.13 Å². The molecule has 202 valence electrons. The van der Waals surface area contributed by atoms with Gasteiger partial charge in [-0.25, -0.2) is 4.98 Å². The first-order valence-electron chi connectivity index (χ1n) is 12.5. The summed E-state index contributed by atoms with van der Waals surface area (Å²) in [5.74, 6) is 0.726. The zero-order chi connectivity index (χ0) is 27.1. The van der Waals surface area contributed by atoms with Gasteiger partial charge in [0.05, 0.1) is 22.3 Å². The van der Waals surface area contributed by atoms with Gasteiger partial charge in [0.2, 0.25) is 5.91 Å². The third kappa shape index (κ3) is 8.07. The highest BCUT2D eigenvalue weighted by atomic mass is 35.5. The smallest absolute Gasteiger partial charge is 0.220 e. The van der Waals surface area contributed by atoms with Crippen molar-refractivity contribution in [3.63, 3.8) is 0 Å². The number of rotatable bonds is 10. The molecule has 1 aromatic heterocycles. The minimum Gasteiger partial charge on any atom is -0.493 e. The zero-order valence-corrected chi connectivity index (χ0v) is 23.6. The number of anilines is 1.